The second-order valence-corrected chi connectivity index (χ2v) is 8.34. The van der Waals surface area contributed by atoms with Crippen LogP contribution in [-0.4, -0.2) is 61.9 Å². The van der Waals surface area contributed by atoms with Crippen molar-refractivity contribution in [1.82, 2.24) is 29.9 Å². The zero-order valence-corrected chi connectivity index (χ0v) is 17.3. The number of anilines is 1. The van der Waals surface area contributed by atoms with Gasteiger partial charge < -0.3 is 14.2 Å². The SMILES string of the molecule is Cc1nc(N2C[C@H]3CN(C(=O)c4c(F)cccc4-n4nccn4)C[C@H]3C2)nc2occc12. The van der Waals surface area contributed by atoms with Gasteiger partial charge in [-0.25, -0.2) is 9.37 Å². The minimum Gasteiger partial charge on any atom is -0.446 e. The number of fused-ring (bicyclic) bond motifs is 2. The molecule has 0 spiro atoms. The number of likely N-dealkylation sites (tertiary alicyclic amines) is 1. The second kappa shape index (κ2) is 7.11. The smallest absolute Gasteiger partial charge is 0.259 e. The van der Waals surface area contributed by atoms with Crippen molar-refractivity contribution in [2.24, 2.45) is 11.8 Å². The zero-order valence-electron chi connectivity index (χ0n) is 17.3. The summed E-state index contributed by atoms with van der Waals surface area (Å²) in [6.07, 6.45) is 4.61. The van der Waals surface area contributed by atoms with Crippen LogP contribution in [0.25, 0.3) is 16.8 Å². The van der Waals surface area contributed by atoms with Crippen LogP contribution in [0.1, 0.15) is 16.1 Å². The van der Waals surface area contributed by atoms with E-state index < -0.39 is 5.82 Å². The molecule has 2 atom stereocenters. The van der Waals surface area contributed by atoms with Crippen molar-refractivity contribution in [3.8, 4) is 5.69 Å². The fourth-order valence-electron chi connectivity index (χ4n) is 4.84. The summed E-state index contributed by atoms with van der Waals surface area (Å²) in [6.45, 7) is 4.54. The van der Waals surface area contributed by atoms with Crippen LogP contribution < -0.4 is 4.90 Å². The van der Waals surface area contributed by atoms with Crippen molar-refractivity contribution in [2.75, 3.05) is 31.1 Å². The number of nitrogens with zero attached hydrogens (tertiary/aromatic N) is 7. The molecule has 4 aromatic rings. The molecule has 10 heteroatoms. The Morgan fingerprint density at radius 3 is 2.56 bits per heavy atom. The molecule has 5 heterocycles. The third-order valence-electron chi connectivity index (χ3n) is 6.40. The van der Waals surface area contributed by atoms with Crippen LogP contribution in [-0.2, 0) is 0 Å². The van der Waals surface area contributed by atoms with Gasteiger partial charge in [0, 0.05) is 38.0 Å². The maximum absolute atomic E-state index is 14.7. The molecule has 0 N–H and O–H groups in total. The van der Waals surface area contributed by atoms with Crippen molar-refractivity contribution >= 4 is 23.0 Å². The van der Waals surface area contributed by atoms with Gasteiger partial charge >= 0.3 is 0 Å². The number of furan rings is 1. The highest BCUT2D eigenvalue weighted by Crippen LogP contribution is 2.35. The van der Waals surface area contributed by atoms with Crippen molar-refractivity contribution < 1.29 is 13.6 Å². The molecule has 2 saturated heterocycles. The molecular formula is C22H20FN7O2. The number of halogens is 1. The van der Waals surface area contributed by atoms with Crippen molar-refractivity contribution in [1.29, 1.82) is 0 Å². The summed E-state index contributed by atoms with van der Waals surface area (Å²) in [5, 5.41) is 9.04. The lowest BCUT2D eigenvalue weighted by atomic mass is 10.0. The molecule has 2 aliphatic heterocycles. The van der Waals surface area contributed by atoms with Crippen LogP contribution in [0.15, 0.2) is 47.3 Å². The topological polar surface area (TPSA) is 93.2 Å². The summed E-state index contributed by atoms with van der Waals surface area (Å²) in [6, 6.07) is 6.37. The third-order valence-corrected chi connectivity index (χ3v) is 6.40. The van der Waals surface area contributed by atoms with Gasteiger partial charge in [0.2, 0.25) is 11.7 Å². The van der Waals surface area contributed by atoms with E-state index in [2.05, 4.69) is 25.1 Å². The number of aryl methyl sites for hydroxylation is 1. The molecule has 0 radical (unpaired) electrons. The highest BCUT2D eigenvalue weighted by molar-refractivity contribution is 5.98. The Morgan fingerprint density at radius 1 is 1.06 bits per heavy atom. The zero-order chi connectivity index (χ0) is 21.8. The largest absolute Gasteiger partial charge is 0.446 e. The van der Waals surface area contributed by atoms with Crippen LogP contribution in [0, 0.1) is 24.6 Å². The standard InChI is InChI=1S/C22H20FN7O2/c1-13-16-5-8-32-20(16)27-22(26-13)29-11-14-9-28(10-15(14)12-29)21(31)19-17(23)3-2-4-18(19)30-24-6-7-25-30/h2-8,14-15H,9-12H2,1H3/t14-,15+. The molecule has 162 valence electrons. The van der Waals surface area contributed by atoms with E-state index in [4.69, 9.17) is 4.42 Å². The van der Waals surface area contributed by atoms with E-state index in [1.54, 1.807) is 23.3 Å². The molecule has 1 amide bonds. The lowest BCUT2D eigenvalue weighted by Gasteiger charge is -2.23. The van der Waals surface area contributed by atoms with Gasteiger partial charge in [-0.1, -0.05) is 6.07 Å². The number of hydrogen-bond donors (Lipinski definition) is 0. The van der Waals surface area contributed by atoms with Gasteiger partial charge in [0.1, 0.15) is 17.1 Å². The highest BCUT2D eigenvalue weighted by atomic mass is 19.1. The summed E-state index contributed by atoms with van der Waals surface area (Å²) in [5.74, 6) is 0.291. The van der Waals surface area contributed by atoms with Crippen molar-refractivity contribution in [3.63, 3.8) is 0 Å². The summed E-state index contributed by atoms with van der Waals surface area (Å²) < 4.78 is 20.2. The van der Waals surface area contributed by atoms with E-state index in [-0.39, 0.29) is 23.3 Å². The van der Waals surface area contributed by atoms with E-state index >= 15 is 0 Å². The molecule has 1 aromatic carbocycles. The monoisotopic (exact) mass is 433 g/mol. The maximum atomic E-state index is 14.7. The molecule has 9 nitrogen and oxygen atoms in total. The lowest BCUT2D eigenvalue weighted by Crippen LogP contribution is -2.35. The Labute approximate surface area is 182 Å². The van der Waals surface area contributed by atoms with Crippen LogP contribution in [0.3, 0.4) is 0 Å². The molecule has 0 aliphatic carbocycles. The predicted octanol–water partition coefficient (Wildman–Crippen LogP) is 2.46. The number of hydrogen-bond acceptors (Lipinski definition) is 7. The Hall–Kier alpha value is -3.82. The average molecular weight is 433 g/mol. The minimum absolute atomic E-state index is 0.00255. The van der Waals surface area contributed by atoms with Crippen LogP contribution >= 0.6 is 0 Å². The minimum atomic E-state index is -0.570. The summed E-state index contributed by atoms with van der Waals surface area (Å²) in [7, 11) is 0. The Morgan fingerprint density at radius 2 is 1.81 bits per heavy atom. The number of benzene rings is 1. The van der Waals surface area contributed by atoms with E-state index in [1.165, 1.54) is 23.3 Å². The molecule has 0 bridgehead atoms. The number of carbonyl (C=O) groups is 1. The molecule has 32 heavy (non-hydrogen) atoms. The Bertz CT molecular complexity index is 1310. The highest BCUT2D eigenvalue weighted by Gasteiger charge is 2.43. The Kier molecular flexibility index (Phi) is 4.20. The van der Waals surface area contributed by atoms with Gasteiger partial charge in [0.15, 0.2) is 0 Å². The summed E-state index contributed by atoms with van der Waals surface area (Å²) >= 11 is 0. The first-order valence-corrected chi connectivity index (χ1v) is 10.5. The van der Waals surface area contributed by atoms with Gasteiger partial charge in [0.25, 0.3) is 5.91 Å². The normalized spacial score (nSPS) is 20.3. The fraction of sp³-hybridized carbons (Fsp3) is 0.318. The molecule has 0 unspecified atom stereocenters. The quantitative estimate of drug-likeness (QED) is 0.490. The third kappa shape index (κ3) is 2.94. The second-order valence-electron chi connectivity index (χ2n) is 8.34. The predicted molar refractivity (Wildman–Crippen MR) is 113 cm³/mol. The van der Waals surface area contributed by atoms with Gasteiger partial charge in [-0.15, -0.1) is 0 Å². The van der Waals surface area contributed by atoms with Crippen molar-refractivity contribution in [2.45, 2.75) is 6.92 Å². The van der Waals surface area contributed by atoms with Crippen LogP contribution in [0.2, 0.25) is 0 Å². The van der Waals surface area contributed by atoms with Crippen LogP contribution in [0.4, 0.5) is 10.3 Å². The van der Waals surface area contributed by atoms with E-state index in [1.807, 2.05) is 13.0 Å². The van der Waals surface area contributed by atoms with E-state index in [9.17, 15) is 9.18 Å². The Balaban J connectivity index is 1.22. The first kappa shape index (κ1) is 18.9. The van der Waals surface area contributed by atoms with Gasteiger partial charge in [-0.05, 0) is 25.1 Å². The summed E-state index contributed by atoms with van der Waals surface area (Å²) in [5.41, 5.74) is 1.81. The molecule has 3 aromatic heterocycles. The molecular weight excluding hydrogens is 413 g/mol. The maximum Gasteiger partial charge on any atom is 0.259 e. The summed E-state index contributed by atoms with van der Waals surface area (Å²) in [4.78, 5) is 27.7. The first-order valence-electron chi connectivity index (χ1n) is 10.5. The van der Waals surface area contributed by atoms with Crippen molar-refractivity contribution in [3.05, 3.63) is 60.0 Å². The number of amides is 1. The van der Waals surface area contributed by atoms with E-state index in [0.29, 0.717) is 30.4 Å². The molecule has 0 saturated carbocycles. The number of aromatic nitrogens is 5. The van der Waals surface area contributed by atoms with Gasteiger partial charge in [0.05, 0.1) is 29.7 Å². The lowest BCUT2D eigenvalue weighted by molar-refractivity contribution is 0.0777. The molecule has 2 aliphatic rings. The average Bonchev–Trinajstić information content (AvgIpc) is 3.56. The van der Waals surface area contributed by atoms with E-state index in [0.717, 1.165) is 24.2 Å². The number of rotatable bonds is 3. The van der Waals surface area contributed by atoms with Gasteiger partial charge in [-0.2, -0.15) is 20.0 Å². The van der Waals surface area contributed by atoms with Crippen LogP contribution in [0.5, 0.6) is 0 Å². The molecule has 2 fully saturated rings. The first-order chi connectivity index (χ1) is 15.6. The molecule has 6 rings (SSSR count). The van der Waals surface area contributed by atoms with Gasteiger partial charge in [-0.3, -0.25) is 4.79 Å². The fourth-order valence-corrected chi connectivity index (χ4v) is 4.84. The number of carbonyl (C=O) groups excluding carboxylic acids is 1.